The molecule has 0 saturated carbocycles. The summed E-state index contributed by atoms with van der Waals surface area (Å²) < 4.78 is 38.9. The van der Waals surface area contributed by atoms with Crippen LogP contribution in [0.2, 0.25) is 0 Å². The largest absolute Gasteiger partial charge is 0.417 e. The Labute approximate surface area is 205 Å². The highest BCUT2D eigenvalue weighted by molar-refractivity contribution is 5.76. The van der Waals surface area contributed by atoms with Crippen LogP contribution in [-0.2, 0) is 11.0 Å². The van der Waals surface area contributed by atoms with Crippen LogP contribution in [-0.4, -0.2) is 48.0 Å². The molecule has 0 aliphatic carbocycles. The van der Waals surface area contributed by atoms with E-state index in [0.717, 1.165) is 63.9 Å². The van der Waals surface area contributed by atoms with E-state index in [4.69, 9.17) is 0 Å². The molecule has 8 heteroatoms. The fourth-order valence-corrected chi connectivity index (χ4v) is 5.17. The number of carbonyl (C=O) groups is 1. The van der Waals surface area contributed by atoms with Crippen molar-refractivity contribution in [1.82, 2.24) is 9.88 Å². The Bertz CT molecular complexity index is 971. The number of hydrogen-bond acceptors (Lipinski definition) is 4. The van der Waals surface area contributed by atoms with E-state index in [2.05, 4.69) is 46.4 Å². The summed E-state index contributed by atoms with van der Waals surface area (Å²) in [4.78, 5) is 20.8. The van der Waals surface area contributed by atoms with Gasteiger partial charge in [-0.25, -0.2) is 0 Å². The molecule has 2 aliphatic rings. The third-order valence-corrected chi connectivity index (χ3v) is 7.23. The van der Waals surface area contributed by atoms with Crippen molar-refractivity contribution in [3.05, 3.63) is 53.9 Å². The summed E-state index contributed by atoms with van der Waals surface area (Å²) in [5.41, 5.74) is 2.14. The number of aryl methyl sites for hydroxylation is 1. The average Bonchev–Trinajstić information content (AvgIpc) is 2.85. The number of hydrogen-bond donors (Lipinski definition) is 1. The van der Waals surface area contributed by atoms with Gasteiger partial charge in [0, 0.05) is 56.7 Å². The number of likely N-dealkylation sites (tertiary alicyclic amines) is 1. The average molecular weight is 489 g/mol. The summed E-state index contributed by atoms with van der Waals surface area (Å²) in [5, 5.41) is 3.15. The predicted molar refractivity (Wildman–Crippen MR) is 132 cm³/mol. The normalized spacial score (nSPS) is 19.6. The zero-order valence-corrected chi connectivity index (χ0v) is 20.4. The van der Waals surface area contributed by atoms with Crippen LogP contribution in [0.25, 0.3) is 0 Å². The lowest BCUT2D eigenvalue weighted by atomic mass is 9.91. The quantitative estimate of drug-likeness (QED) is 0.527. The molecule has 0 radical (unpaired) electrons. The first-order valence-corrected chi connectivity index (χ1v) is 12.7. The Morgan fingerprint density at radius 1 is 1.09 bits per heavy atom. The standard InChI is InChI=1S/C27H35F3N4O/c1-20-7-9-25(10-8-20)33-14-11-21(12-15-33)4-2-6-26(35)34-13-3-5-23(19-34)32-24-16-22(17-31-18-24)27(28,29)30/h7-10,16-18,21,23,32H,2-6,11-15,19H2,1H3/t23-/m0/s1. The number of amides is 1. The molecule has 1 aromatic carbocycles. The maximum Gasteiger partial charge on any atom is 0.417 e. The van der Waals surface area contributed by atoms with Crippen molar-refractivity contribution in [2.75, 3.05) is 36.4 Å². The summed E-state index contributed by atoms with van der Waals surface area (Å²) in [6.07, 6.45) is 4.28. The first kappa shape index (κ1) is 25.3. The Morgan fingerprint density at radius 2 is 1.83 bits per heavy atom. The van der Waals surface area contributed by atoms with E-state index in [1.807, 2.05) is 4.90 Å². The summed E-state index contributed by atoms with van der Waals surface area (Å²) in [6.45, 7) is 5.46. The maximum absolute atomic E-state index is 13.0. The molecular formula is C27H35F3N4O. The lowest BCUT2D eigenvalue weighted by Gasteiger charge is -2.35. The van der Waals surface area contributed by atoms with Crippen LogP contribution < -0.4 is 10.2 Å². The lowest BCUT2D eigenvalue weighted by molar-refractivity contribution is -0.137. The molecule has 2 aromatic rings. The molecule has 4 rings (SSSR count). The molecule has 1 atom stereocenters. The summed E-state index contributed by atoms with van der Waals surface area (Å²) >= 11 is 0. The molecule has 2 saturated heterocycles. The zero-order valence-electron chi connectivity index (χ0n) is 20.4. The van der Waals surface area contributed by atoms with Crippen LogP contribution >= 0.6 is 0 Å². The third kappa shape index (κ3) is 7.12. The van der Waals surface area contributed by atoms with Gasteiger partial charge in [0.05, 0.1) is 11.3 Å². The highest BCUT2D eigenvalue weighted by Crippen LogP contribution is 2.31. The molecule has 5 nitrogen and oxygen atoms in total. The number of carbonyl (C=O) groups excluding carboxylic acids is 1. The number of anilines is 2. The number of rotatable bonds is 7. The fraction of sp³-hybridized carbons (Fsp3) is 0.556. The molecule has 0 unspecified atom stereocenters. The van der Waals surface area contributed by atoms with Gasteiger partial charge in [0.25, 0.3) is 0 Å². The number of nitrogens with one attached hydrogen (secondary N) is 1. The minimum Gasteiger partial charge on any atom is -0.379 e. The van der Waals surface area contributed by atoms with E-state index in [0.29, 0.717) is 31.1 Å². The molecule has 2 aliphatic heterocycles. The maximum atomic E-state index is 13.0. The summed E-state index contributed by atoms with van der Waals surface area (Å²) in [6, 6.07) is 9.72. The van der Waals surface area contributed by atoms with Crippen molar-refractivity contribution in [2.45, 2.75) is 64.1 Å². The molecule has 1 N–H and O–H groups in total. The highest BCUT2D eigenvalue weighted by Gasteiger charge is 2.31. The van der Waals surface area contributed by atoms with E-state index in [-0.39, 0.29) is 11.9 Å². The monoisotopic (exact) mass is 488 g/mol. The van der Waals surface area contributed by atoms with Crippen LogP contribution in [0.3, 0.4) is 0 Å². The van der Waals surface area contributed by atoms with E-state index >= 15 is 0 Å². The van der Waals surface area contributed by atoms with Gasteiger partial charge in [0.2, 0.25) is 5.91 Å². The van der Waals surface area contributed by atoms with Crippen LogP contribution in [0.4, 0.5) is 24.5 Å². The SMILES string of the molecule is Cc1ccc(N2CCC(CCCC(=O)N3CCC[C@H](Nc4cncc(C(F)(F)F)c4)C3)CC2)cc1. The van der Waals surface area contributed by atoms with E-state index < -0.39 is 11.7 Å². The fourth-order valence-electron chi connectivity index (χ4n) is 5.17. The predicted octanol–water partition coefficient (Wildman–Crippen LogP) is 5.90. The van der Waals surface area contributed by atoms with Crippen LogP contribution in [0.15, 0.2) is 42.7 Å². The molecule has 0 bridgehead atoms. The number of pyridine rings is 1. The molecule has 35 heavy (non-hydrogen) atoms. The first-order chi connectivity index (χ1) is 16.8. The molecular weight excluding hydrogens is 453 g/mol. The number of aromatic nitrogens is 1. The smallest absolute Gasteiger partial charge is 0.379 e. The van der Waals surface area contributed by atoms with Crippen molar-refractivity contribution in [1.29, 1.82) is 0 Å². The van der Waals surface area contributed by atoms with Gasteiger partial charge in [0.15, 0.2) is 0 Å². The summed E-state index contributed by atoms with van der Waals surface area (Å²) in [7, 11) is 0. The minimum absolute atomic E-state index is 0.0657. The van der Waals surface area contributed by atoms with Crippen molar-refractivity contribution < 1.29 is 18.0 Å². The van der Waals surface area contributed by atoms with Crippen LogP contribution in [0.5, 0.6) is 0 Å². The number of benzene rings is 1. The Hall–Kier alpha value is -2.77. The molecule has 2 fully saturated rings. The molecule has 1 aromatic heterocycles. The van der Waals surface area contributed by atoms with Gasteiger partial charge >= 0.3 is 6.18 Å². The zero-order chi connectivity index (χ0) is 24.8. The van der Waals surface area contributed by atoms with E-state index in [1.54, 1.807) is 0 Å². The highest BCUT2D eigenvalue weighted by atomic mass is 19.4. The van der Waals surface area contributed by atoms with Crippen molar-refractivity contribution in [3.63, 3.8) is 0 Å². The van der Waals surface area contributed by atoms with Crippen molar-refractivity contribution in [2.24, 2.45) is 5.92 Å². The van der Waals surface area contributed by atoms with Gasteiger partial charge in [-0.3, -0.25) is 9.78 Å². The molecule has 1 amide bonds. The van der Waals surface area contributed by atoms with E-state index in [1.165, 1.54) is 17.4 Å². The van der Waals surface area contributed by atoms with Gasteiger partial charge in [-0.05, 0) is 69.6 Å². The topological polar surface area (TPSA) is 48.5 Å². The minimum atomic E-state index is -4.42. The molecule has 190 valence electrons. The van der Waals surface area contributed by atoms with Crippen molar-refractivity contribution >= 4 is 17.3 Å². The van der Waals surface area contributed by atoms with Gasteiger partial charge in [-0.2, -0.15) is 13.2 Å². The Kier molecular flexibility index (Phi) is 8.19. The second-order valence-corrected chi connectivity index (χ2v) is 9.94. The van der Waals surface area contributed by atoms with Gasteiger partial charge < -0.3 is 15.1 Å². The van der Waals surface area contributed by atoms with E-state index in [9.17, 15) is 18.0 Å². The number of alkyl halides is 3. The Balaban J connectivity index is 1.18. The van der Waals surface area contributed by atoms with Gasteiger partial charge in [0.1, 0.15) is 0 Å². The Morgan fingerprint density at radius 3 is 2.54 bits per heavy atom. The molecule has 3 heterocycles. The van der Waals surface area contributed by atoms with Gasteiger partial charge in [-0.15, -0.1) is 0 Å². The molecule has 0 spiro atoms. The second-order valence-electron chi connectivity index (χ2n) is 9.94. The lowest BCUT2D eigenvalue weighted by Crippen LogP contribution is -2.45. The number of nitrogens with zero attached hydrogens (tertiary/aromatic N) is 3. The van der Waals surface area contributed by atoms with Crippen molar-refractivity contribution in [3.8, 4) is 0 Å². The number of halogens is 3. The van der Waals surface area contributed by atoms with Crippen LogP contribution in [0, 0.1) is 12.8 Å². The third-order valence-electron chi connectivity index (χ3n) is 7.23. The first-order valence-electron chi connectivity index (χ1n) is 12.7. The van der Waals surface area contributed by atoms with Gasteiger partial charge in [-0.1, -0.05) is 17.7 Å². The summed E-state index contributed by atoms with van der Waals surface area (Å²) in [5.74, 6) is 0.810. The number of piperidine rings is 2. The second kappa shape index (κ2) is 11.3. The van der Waals surface area contributed by atoms with Crippen LogP contribution in [0.1, 0.15) is 56.1 Å².